The molecule has 0 amide bonds. The molecule has 11 heavy (non-hydrogen) atoms. The molecular formula is C9H11FO. The average molecular weight is 154 g/mol. The summed E-state index contributed by atoms with van der Waals surface area (Å²) in [6, 6.07) is 7.18. The van der Waals surface area contributed by atoms with E-state index in [0.717, 1.165) is 5.56 Å². The van der Waals surface area contributed by atoms with Gasteiger partial charge in [-0.25, -0.2) is 4.39 Å². The van der Waals surface area contributed by atoms with E-state index in [1.165, 1.54) is 0 Å². The number of hydrogen-bond acceptors (Lipinski definition) is 1. The average Bonchev–Trinajstić information content (AvgIpc) is 2.05. The summed E-state index contributed by atoms with van der Waals surface area (Å²) in [5.41, 5.74) is 1.75. The summed E-state index contributed by atoms with van der Waals surface area (Å²) in [5, 5.41) is 9.05. The molecule has 1 aromatic rings. The third kappa shape index (κ3) is 2.02. The van der Waals surface area contributed by atoms with Gasteiger partial charge >= 0.3 is 0 Å². The van der Waals surface area contributed by atoms with Crippen LogP contribution in [0.4, 0.5) is 4.39 Å². The maximum atomic E-state index is 11.9. The number of benzene rings is 1. The van der Waals surface area contributed by atoms with Crippen LogP contribution in [-0.4, -0.2) is 11.8 Å². The lowest BCUT2D eigenvalue weighted by Gasteiger charge is -2.05. The van der Waals surface area contributed by atoms with Gasteiger partial charge in [-0.05, 0) is 12.5 Å². The molecule has 1 atom stereocenters. The van der Waals surface area contributed by atoms with Crippen LogP contribution in [0.15, 0.2) is 24.3 Å². The quantitative estimate of drug-likeness (QED) is 0.690. The highest BCUT2D eigenvalue weighted by Crippen LogP contribution is 2.13. The van der Waals surface area contributed by atoms with E-state index < -0.39 is 12.8 Å². The second-order valence-electron chi connectivity index (χ2n) is 2.58. The van der Waals surface area contributed by atoms with Crippen LogP contribution in [0.3, 0.4) is 0 Å². The molecule has 0 aromatic heterocycles. The van der Waals surface area contributed by atoms with Crippen LogP contribution in [-0.2, 0) is 0 Å². The zero-order valence-corrected chi connectivity index (χ0v) is 6.42. The van der Waals surface area contributed by atoms with E-state index in [9.17, 15) is 4.39 Å². The number of rotatable bonds is 2. The molecule has 1 rings (SSSR count). The van der Waals surface area contributed by atoms with Crippen molar-refractivity contribution in [2.75, 3.05) is 6.67 Å². The maximum absolute atomic E-state index is 11.9. The van der Waals surface area contributed by atoms with E-state index >= 15 is 0 Å². The van der Waals surface area contributed by atoms with E-state index in [1.54, 1.807) is 12.1 Å². The van der Waals surface area contributed by atoms with Crippen LogP contribution in [0.25, 0.3) is 0 Å². The molecule has 0 aliphatic heterocycles. The first-order valence-corrected chi connectivity index (χ1v) is 3.54. The van der Waals surface area contributed by atoms with Crippen LogP contribution in [0.2, 0.25) is 0 Å². The Labute approximate surface area is 65.5 Å². The van der Waals surface area contributed by atoms with E-state index in [4.69, 9.17) is 5.11 Å². The van der Waals surface area contributed by atoms with Gasteiger partial charge < -0.3 is 5.11 Å². The molecule has 0 aliphatic rings. The molecule has 0 bridgehead atoms. The highest BCUT2D eigenvalue weighted by molar-refractivity contribution is 5.22. The van der Waals surface area contributed by atoms with Crippen LogP contribution in [0, 0.1) is 6.92 Å². The molecule has 0 heterocycles. The minimum absolute atomic E-state index is 0.637. The van der Waals surface area contributed by atoms with Crippen LogP contribution in [0.1, 0.15) is 17.2 Å². The van der Waals surface area contributed by atoms with Crippen molar-refractivity contribution < 1.29 is 9.50 Å². The van der Waals surface area contributed by atoms with Crippen molar-refractivity contribution in [1.82, 2.24) is 0 Å². The van der Waals surface area contributed by atoms with Crippen LogP contribution >= 0.6 is 0 Å². The first-order valence-electron chi connectivity index (χ1n) is 3.54. The Bertz CT molecular complexity index is 218. The summed E-state index contributed by atoms with van der Waals surface area (Å²) in [7, 11) is 0. The van der Waals surface area contributed by atoms with Gasteiger partial charge in [0.25, 0.3) is 0 Å². The van der Waals surface area contributed by atoms with E-state index in [2.05, 4.69) is 0 Å². The summed E-state index contributed by atoms with van der Waals surface area (Å²) in [5.74, 6) is 0. The molecule has 0 saturated heterocycles. The van der Waals surface area contributed by atoms with Gasteiger partial charge in [0.15, 0.2) is 0 Å². The van der Waals surface area contributed by atoms with Gasteiger partial charge in [0.2, 0.25) is 0 Å². The monoisotopic (exact) mass is 154 g/mol. The number of hydrogen-bond donors (Lipinski definition) is 1. The molecule has 1 aromatic carbocycles. The normalized spacial score (nSPS) is 13.0. The Morgan fingerprint density at radius 1 is 1.36 bits per heavy atom. The summed E-state index contributed by atoms with van der Waals surface area (Å²) in [6.45, 7) is 1.23. The van der Waals surface area contributed by atoms with Gasteiger partial charge in [0, 0.05) is 0 Å². The van der Waals surface area contributed by atoms with Crippen molar-refractivity contribution in [3.8, 4) is 0 Å². The van der Waals surface area contributed by atoms with Gasteiger partial charge in [-0.3, -0.25) is 0 Å². The maximum Gasteiger partial charge on any atom is 0.119 e. The molecule has 60 valence electrons. The summed E-state index contributed by atoms with van der Waals surface area (Å²) in [4.78, 5) is 0. The Kier molecular flexibility index (Phi) is 2.60. The number of alkyl halides is 1. The molecule has 0 saturated carbocycles. The van der Waals surface area contributed by atoms with Crippen molar-refractivity contribution in [3.63, 3.8) is 0 Å². The lowest BCUT2D eigenvalue weighted by atomic mass is 10.1. The Balaban J connectivity index is 2.81. The van der Waals surface area contributed by atoms with Gasteiger partial charge in [0.1, 0.15) is 12.8 Å². The zero-order valence-electron chi connectivity index (χ0n) is 6.42. The molecular weight excluding hydrogens is 143 g/mol. The fourth-order valence-electron chi connectivity index (χ4n) is 0.878. The van der Waals surface area contributed by atoms with Gasteiger partial charge in [-0.2, -0.15) is 0 Å². The Hall–Kier alpha value is -0.890. The molecule has 0 spiro atoms. The second-order valence-corrected chi connectivity index (χ2v) is 2.58. The standard InChI is InChI=1S/C9H11FO/c1-7-2-4-8(5-3-7)9(11)6-10/h2-5,9,11H,6H2,1H3/t9-/m1/s1. The highest BCUT2D eigenvalue weighted by Gasteiger charge is 2.04. The fourth-order valence-corrected chi connectivity index (χ4v) is 0.878. The number of aryl methyl sites for hydroxylation is 1. The van der Waals surface area contributed by atoms with Crippen molar-refractivity contribution >= 4 is 0 Å². The van der Waals surface area contributed by atoms with E-state index in [1.807, 2.05) is 19.1 Å². The first kappa shape index (κ1) is 8.21. The number of aliphatic hydroxyl groups excluding tert-OH is 1. The predicted octanol–water partition coefficient (Wildman–Crippen LogP) is 2.00. The minimum atomic E-state index is -0.962. The molecule has 0 radical (unpaired) electrons. The molecule has 1 N–H and O–H groups in total. The topological polar surface area (TPSA) is 20.2 Å². The smallest absolute Gasteiger partial charge is 0.119 e. The SMILES string of the molecule is Cc1ccc([C@H](O)CF)cc1. The summed E-state index contributed by atoms with van der Waals surface area (Å²) >= 11 is 0. The third-order valence-electron chi connectivity index (χ3n) is 1.61. The Morgan fingerprint density at radius 2 is 1.91 bits per heavy atom. The van der Waals surface area contributed by atoms with Gasteiger partial charge in [-0.1, -0.05) is 29.8 Å². The first-order chi connectivity index (χ1) is 5.24. The van der Waals surface area contributed by atoms with Crippen molar-refractivity contribution in [2.24, 2.45) is 0 Å². The van der Waals surface area contributed by atoms with Crippen molar-refractivity contribution in [1.29, 1.82) is 0 Å². The number of halogens is 1. The van der Waals surface area contributed by atoms with E-state index in [0.29, 0.717) is 5.56 Å². The third-order valence-corrected chi connectivity index (χ3v) is 1.61. The molecule has 1 nitrogen and oxygen atoms in total. The largest absolute Gasteiger partial charge is 0.386 e. The summed E-state index contributed by atoms with van der Waals surface area (Å²) < 4.78 is 11.9. The highest BCUT2D eigenvalue weighted by atomic mass is 19.1. The lowest BCUT2D eigenvalue weighted by molar-refractivity contribution is 0.142. The van der Waals surface area contributed by atoms with Crippen LogP contribution in [0.5, 0.6) is 0 Å². The molecule has 0 fully saturated rings. The zero-order chi connectivity index (χ0) is 8.27. The minimum Gasteiger partial charge on any atom is -0.386 e. The molecule has 0 aliphatic carbocycles. The number of aliphatic hydroxyl groups is 1. The lowest BCUT2D eigenvalue weighted by Crippen LogP contribution is -1.98. The Morgan fingerprint density at radius 3 is 2.36 bits per heavy atom. The fraction of sp³-hybridized carbons (Fsp3) is 0.333. The van der Waals surface area contributed by atoms with Crippen LogP contribution < -0.4 is 0 Å². The molecule has 2 heteroatoms. The van der Waals surface area contributed by atoms with Gasteiger partial charge in [-0.15, -0.1) is 0 Å². The predicted molar refractivity (Wildman–Crippen MR) is 42.1 cm³/mol. The second kappa shape index (κ2) is 3.49. The van der Waals surface area contributed by atoms with Gasteiger partial charge in [0.05, 0.1) is 0 Å². The van der Waals surface area contributed by atoms with E-state index in [-0.39, 0.29) is 0 Å². The van der Waals surface area contributed by atoms with Crippen molar-refractivity contribution in [2.45, 2.75) is 13.0 Å². The molecule has 0 unspecified atom stereocenters. The van der Waals surface area contributed by atoms with Crippen molar-refractivity contribution in [3.05, 3.63) is 35.4 Å². The summed E-state index contributed by atoms with van der Waals surface area (Å²) in [6.07, 6.45) is -0.962.